The molecule has 0 aromatic carbocycles. The molecule has 8 nitrogen and oxygen atoms in total. The Morgan fingerprint density at radius 3 is 2.85 bits per heavy atom. The molecule has 2 N–H and O–H groups in total. The minimum absolute atomic E-state index is 0.0997. The number of carbonyl (C=O) groups excluding carboxylic acids is 2. The molecular weight excluding hydrogens is 338 g/mol. The number of hydrogen-bond donors (Lipinski definition) is 2. The van der Waals surface area contributed by atoms with Crippen LogP contribution in [0.2, 0.25) is 0 Å². The third-order valence-corrected chi connectivity index (χ3v) is 3.18. The van der Waals surface area contributed by atoms with E-state index in [1.54, 1.807) is 6.08 Å². The predicted molar refractivity (Wildman–Crippen MR) is 96.7 cm³/mol. The second-order valence-corrected chi connectivity index (χ2v) is 5.33. The summed E-state index contributed by atoms with van der Waals surface area (Å²) in [7, 11) is 1.49. The summed E-state index contributed by atoms with van der Waals surface area (Å²) in [4.78, 5) is 22.8. The Morgan fingerprint density at radius 1 is 1.27 bits per heavy atom. The van der Waals surface area contributed by atoms with Gasteiger partial charge in [-0.3, -0.25) is 4.79 Å². The first-order valence-corrected chi connectivity index (χ1v) is 8.65. The van der Waals surface area contributed by atoms with Crippen molar-refractivity contribution in [1.82, 2.24) is 15.8 Å². The number of nitrogens with one attached hydrogen (secondary N) is 2. The highest BCUT2D eigenvalue weighted by molar-refractivity contribution is 5.91. The van der Waals surface area contributed by atoms with Gasteiger partial charge in [0.2, 0.25) is 0 Å². The molecule has 2 amide bonds. The van der Waals surface area contributed by atoms with E-state index in [1.807, 2.05) is 18.2 Å². The van der Waals surface area contributed by atoms with Gasteiger partial charge in [-0.15, -0.1) is 0 Å². The molecule has 8 heteroatoms. The summed E-state index contributed by atoms with van der Waals surface area (Å²) in [5.41, 5.74) is 0.136. The Labute approximate surface area is 153 Å². The third-order valence-electron chi connectivity index (χ3n) is 3.18. The molecule has 1 heterocycles. The van der Waals surface area contributed by atoms with Gasteiger partial charge in [-0.1, -0.05) is 42.8 Å². The van der Waals surface area contributed by atoms with Gasteiger partial charge >= 0.3 is 6.09 Å². The van der Waals surface area contributed by atoms with Crippen molar-refractivity contribution >= 4 is 12.0 Å². The van der Waals surface area contributed by atoms with E-state index in [1.165, 1.54) is 13.1 Å². The zero-order valence-electron chi connectivity index (χ0n) is 15.3. The summed E-state index contributed by atoms with van der Waals surface area (Å²) in [6.07, 6.45) is 10.1. The first-order chi connectivity index (χ1) is 12.7. The standard InChI is InChI=1S/C18H27N3O5/c1-3-4-11-24-12-9-7-5-6-8-10-20-18(23)25-14-15-13-16(21-26-15)17(22)19-2/h5-8,13H,3-4,9-12,14H2,1-2H3,(H,19,22)(H,20,23)/b7-5+,8-6+. The SMILES string of the molecule is CCCCOCC/C=C/C=C/CNC(=O)OCc1cc(C(=O)NC)no1. The van der Waals surface area contributed by atoms with Crippen LogP contribution >= 0.6 is 0 Å². The van der Waals surface area contributed by atoms with Crippen molar-refractivity contribution in [1.29, 1.82) is 0 Å². The molecule has 144 valence electrons. The van der Waals surface area contributed by atoms with Gasteiger partial charge in [-0.25, -0.2) is 4.79 Å². The Bertz CT molecular complexity index is 595. The summed E-state index contributed by atoms with van der Waals surface area (Å²) >= 11 is 0. The molecule has 0 aliphatic carbocycles. The summed E-state index contributed by atoms with van der Waals surface area (Å²) in [6, 6.07) is 1.42. The van der Waals surface area contributed by atoms with Crippen LogP contribution in [0.5, 0.6) is 0 Å². The van der Waals surface area contributed by atoms with Crippen LogP contribution in [0.3, 0.4) is 0 Å². The number of rotatable bonds is 12. The minimum atomic E-state index is -0.583. The van der Waals surface area contributed by atoms with Gasteiger partial charge in [-0.2, -0.15) is 0 Å². The molecule has 0 bridgehead atoms. The molecule has 1 rings (SSSR count). The zero-order valence-corrected chi connectivity index (χ0v) is 15.3. The van der Waals surface area contributed by atoms with E-state index >= 15 is 0 Å². The Balaban J connectivity index is 2.09. The van der Waals surface area contributed by atoms with Crippen molar-refractivity contribution in [2.24, 2.45) is 0 Å². The van der Waals surface area contributed by atoms with Crippen LogP contribution in [-0.2, 0) is 16.1 Å². The number of hydrogen-bond acceptors (Lipinski definition) is 6. The van der Waals surface area contributed by atoms with Crippen molar-refractivity contribution in [3.63, 3.8) is 0 Å². The highest BCUT2D eigenvalue weighted by atomic mass is 16.6. The summed E-state index contributed by atoms with van der Waals surface area (Å²) < 4.78 is 15.3. The third kappa shape index (κ3) is 9.63. The Morgan fingerprint density at radius 2 is 2.08 bits per heavy atom. The molecular formula is C18H27N3O5. The molecule has 0 atom stereocenters. The number of amides is 2. The molecule has 1 aromatic heterocycles. The minimum Gasteiger partial charge on any atom is -0.441 e. The summed E-state index contributed by atoms with van der Waals surface area (Å²) in [5.74, 6) is -0.0754. The van der Waals surface area contributed by atoms with Crippen LogP contribution in [0.25, 0.3) is 0 Å². The van der Waals surface area contributed by atoms with E-state index in [9.17, 15) is 9.59 Å². The fourth-order valence-electron chi connectivity index (χ4n) is 1.77. The molecule has 0 radical (unpaired) electrons. The number of ether oxygens (including phenoxy) is 2. The van der Waals surface area contributed by atoms with Gasteiger partial charge < -0.3 is 24.6 Å². The smallest absolute Gasteiger partial charge is 0.407 e. The average molecular weight is 365 g/mol. The highest BCUT2D eigenvalue weighted by Gasteiger charge is 2.11. The maximum atomic E-state index is 11.5. The molecule has 0 saturated carbocycles. The molecule has 0 aliphatic rings. The van der Waals surface area contributed by atoms with E-state index in [0.717, 1.165) is 32.5 Å². The van der Waals surface area contributed by atoms with E-state index < -0.39 is 6.09 Å². The normalized spacial score (nSPS) is 11.2. The lowest BCUT2D eigenvalue weighted by molar-refractivity contribution is 0.0952. The van der Waals surface area contributed by atoms with Crippen molar-refractivity contribution in [2.45, 2.75) is 32.8 Å². The second kappa shape index (κ2) is 13.7. The van der Waals surface area contributed by atoms with Gasteiger partial charge in [0, 0.05) is 26.3 Å². The number of aromatic nitrogens is 1. The van der Waals surface area contributed by atoms with Crippen LogP contribution in [0.15, 0.2) is 34.9 Å². The van der Waals surface area contributed by atoms with E-state index in [4.69, 9.17) is 14.0 Å². The molecule has 0 fully saturated rings. The van der Waals surface area contributed by atoms with Crippen molar-refractivity contribution in [3.05, 3.63) is 41.8 Å². The number of alkyl carbamates (subject to hydrolysis) is 1. The van der Waals surface area contributed by atoms with E-state index in [0.29, 0.717) is 12.3 Å². The molecule has 0 unspecified atom stereocenters. The van der Waals surface area contributed by atoms with E-state index in [-0.39, 0.29) is 18.2 Å². The Kier molecular flexibility index (Phi) is 11.3. The highest BCUT2D eigenvalue weighted by Crippen LogP contribution is 2.05. The quantitative estimate of drug-likeness (QED) is 0.436. The first-order valence-electron chi connectivity index (χ1n) is 8.65. The van der Waals surface area contributed by atoms with Gasteiger partial charge in [0.15, 0.2) is 18.1 Å². The topological polar surface area (TPSA) is 103 Å². The fraction of sp³-hybridized carbons (Fsp3) is 0.500. The van der Waals surface area contributed by atoms with E-state index in [2.05, 4.69) is 22.7 Å². The van der Waals surface area contributed by atoms with Crippen LogP contribution in [0.4, 0.5) is 4.79 Å². The lowest BCUT2D eigenvalue weighted by Gasteiger charge is -2.02. The van der Waals surface area contributed by atoms with Crippen LogP contribution in [0, 0.1) is 0 Å². The zero-order chi connectivity index (χ0) is 19.0. The molecule has 1 aromatic rings. The maximum Gasteiger partial charge on any atom is 0.407 e. The lowest BCUT2D eigenvalue weighted by atomic mass is 10.3. The summed E-state index contributed by atoms with van der Waals surface area (Å²) in [6.45, 7) is 3.91. The van der Waals surface area contributed by atoms with Crippen molar-refractivity contribution in [3.8, 4) is 0 Å². The number of allylic oxidation sites excluding steroid dienone is 2. The Hall–Kier alpha value is -2.61. The van der Waals surface area contributed by atoms with Crippen LogP contribution in [-0.4, -0.2) is 44.0 Å². The number of unbranched alkanes of at least 4 members (excludes halogenated alkanes) is 1. The summed E-state index contributed by atoms with van der Waals surface area (Å²) in [5, 5.41) is 8.56. The average Bonchev–Trinajstić information content (AvgIpc) is 3.13. The predicted octanol–water partition coefficient (Wildman–Crippen LogP) is 2.58. The first kappa shape index (κ1) is 21.4. The van der Waals surface area contributed by atoms with Gasteiger partial charge in [0.25, 0.3) is 5.91 Å². The van der Waals surface area contributed by atoms with Gasteiger partial charge in [0.05, 0.1) is 6.61 Å². The monoisotopic (exact) mass is 365 g/mol. The lowest BCUT2D eigenvalue weighted by Crippen LogP contribution is -2.24. The number of carbonyl (C=O) groups is 2. The maximum absolute atomic E-state index is 11.5. The van der Waals surface area contributed by atoms with Crippen LogP contribution in [0.1, 0.15) is 42.4 Å². The van der Waals surface area contributed by atoms with Gasteiger partial charge in [0.1, 0.15) is 0 Å². The molecule has 0 saturated heterocycles. The molecule has 0 spiro atoms. The van der Waals surface area contributed by atoms with Crippen molar-refractivity contribution < 1.29 is 23.6 Å². The molecule has 0 aliphatic heterocycles. The largest absolute Gasteiger partial charge is 0.441 e. The fourth-order valence-corrected chi connectivity index (χ4v) is 1.77. The second-order valence-electron chi connectivity index (χ2n) is 5.33. The molecule has 26 heavy (non-hydrogen) atoms. The van der Waals surface area contributed by atoms with Gasteiger partial charge in [-0.05, 0) is 12.8 Å². The van der Waals surface area contributed by atoms with Crippen LogP contribution < -0.4 is 10.6 Å². The van der Waals surface area contributed by atoms with Crippen molar-refractivity contribution in [2.75, 3.05) is 26.8 Å². The number of nitrogens with zero attached hydrogens (tertiary/aromatic N) is 1.